The molecule has 6 N–H and O–H groups in total. The van der Waals surface area contributed by atoms with Gasteiger partial charge in [0.1, 0.15) is 5.82 Å². The van der Waals surface area contributed by atoms with Crippen molar-refractivity contribution in [1.29, 1.82) is 0 Å². The molecule has 2 fully saturated rings. The smallest absolute Gasteiger partial charge is 0.278 e. The number of nitrogen functional groups attached to an aromatic ring is 1. The summed E-state index contributed by atoms with van der Waals surface area (Å²) in [4.78, 5) is 25.9. The number of anilines is 1. The quantitative estimate of drug-likeness (QED) is 0.577. The monoisotopic (exact) mass is 260 g/mol. The van der Waals surface area contributed by atoms with Crippen molar-refractivity contribution in [3.63, 3.8) is 0 Å². The van der Waals surface area contributed by atoms with Crippen LogP contribution in [0.5, 0.6) is 0 Å². The minimum atomic E-state index is -0.280. The van der Waals surface area contributed by atoms with E-state index in [1.165, 1.54) is 19.3 Å². The molecule has 100 valence electrons. The van der Waals surface area contributed by atoms with Crippen LogP contribution in [0.4, 0.5) is 5.95 Å². The van der Waals surface area contributed by atoms with Crippen LogP contribution in [0, 0.1) is 11.8 Å². The number of aromatic amines is 2. The summed E-state index contributed by atoms with van der Waals surface area (Å²) in [6, 6.07) is 0.135. The Balaban J connectivity index is 1.84. The maximum absolute atomic E-state index is 11.8. The molecule has 7 nitrogen and oxygen atoms in total. The van der Waals surface area contributed by atoms with Gasteiger partial charge in [-0.15, -0.1) is 0 Å². The summed E-state index contributed by atoms with van der Waals surface area (Å²) in [6.45, 7) is 0. The topological polar surface area (TPSA) is 126 Å². The highest BCUT2D eigenvalue weighted by Gasteiger charge is 2.47. The van der Waals surface area contributed by atoms with Gasteiger partial charge in [-0.25, -0.2) is 4.98 Å². The first-order valence-corrected chi connectivity index (χ1v) is 6.64. The molecule has 2 aromatic rings. The van der Waals surface area contributed by atoms with E-state index in [2.05, 4.69) is 19.9 Å². The molecule has 0 spiro atoms. The molecule has 2 aromatic heterocycles. The summed E-state index contributed by atoms with van der Waals surface area (Å²) in [5, 5.41) is 0. The summed E-state index contributed by atoms with van der Waals surface area (Å²) < 4.78 is 0. The fraction of sp³-hybridized carbons (Fsp3) is 0.583. The molecular formula is C12H16N6O. The normalized spacial score (nSPS) is 33.3. The Bertz CT molecular complexity index is 702. The SMILES string of the molecule is Nc1nc2nc(C3C4CCC(C4)C3N)[nH]c2c(=O)[nH]1. The van der Waals surface area contributed by atoms with Crippen molar-refractivity contribution < 1.29 is 0 Å². The Hall–Kier alpha value is -1.89. The lowest BCUT2D eigenvalue weighted by Gasteiger charge is -2.26. The average molecular weight is 260 g/mol. The molecule has 0 radical (unpaired) electrons. The average Bonchev–Trinajstić information content (AvgIpc) is 3.01. The Labute approximate surface area is 108 Å². The molecule has 0 aromatic carbocycles. The van der Waals surface area contributed by atoms with Crippen molar-refractivity contribution in [2.24, 2.45) is 17.6 Å². The second-order valence-corrected chi connectivity index (χ2v) is 5.71. The first-order chi connectivity index (χ1) is 9.13. The van der Waals surface area contributed by atoms with Crippen LogP contribution < -0.4 is 17.0 Å². The van der Waals surface area contributed by atoms with Gasteiger partial charge in [-0.1, -0.05) is 0 Å². The van der Waals surface area contributed by atoms with Crippen LogP contribution in [0.3, 0.4) is 0 Å². The molecule has 7 heteroatoms. The highest BCUT2D eigenvalue weighted by Crippen LogP contribution is 2.51. The zero-order valence-electron chi connectivity index (χ0n) is 10.4. The van der Waals surface area contributed by atoms with Crippen molar-refractivity contribution in [2.75, 3.05) is 5.73 Å². The maximum atomic E-state index is 11.8. The zero-order valence-corrected chi connectivity index (χ0v) is 10.4. The van der Waals surface area contributed by atoms with Gasteiger partial charge in [0.05, 0.1) is 0 Å². The Morgan fingerprint density at radius 2 is 1.95 bits per heavy atom. The first kappa shape index (κ1) is 11.0. The molecule has 4 atom stereocenters. The number of hydrogen-bond acceptors (Lipinski definition) is 5. The number of hydrogen-bond donors (Lipinski definition) is 4. The number of nitrogens with two attached hydrogens (primary N) is 2. The molecule has 2 aliphatic carbocycles. The predicted molar refractivity (Wildman–Crippen MR) is 70.5 cm³/mol. The van der Waals surface area contributed by atoms with Gasteiger partial charge in [-0.05, 0) is 31.1 Å². The number of fused-ring (bicyclic) bond motifs is 3. The van der Waals surface area contributed by atoms with Gasteiger partial charge < -0.3 is 16.5 Å². The van der Waals surface area contributed by atoms with Crippen LogP contribution in [-0.2, 0) is 0 Å². The van der Waals surface area contributed by atoms with Gasteiger partial charge in [-0.2, -0.15) is 4.98 Å². The number of H-pyrrole nitrogens is 2. The third-order valence-electron chi connectivity index (χ3n) is 4.69. The molecule has 2 heterocycles. The highest BCUT2D eigenvalue weighted by molar-refractivity contribution is 5.70. The molecule has 2 bridgehead atoms. The number of nitrogens with zero attached hydrogens (tertiary/aromatic N) is 2. The Morgan fingerprint density at radius 3 is 2.68 bits per heavy atom. The van der Waals surface area contributed by atoms with Gasteiger partial charge in [0.15, 0.2) is 11.2 Å². The van der Waals surface area contributed by atoms with E-state index < -0.39 is 0 Å². The van der Waals surface area contributed by atoms with Crippen molar-refractivity contribution >= 4 is 17.1 Å². The molecular weight excluding hydrogens is 244 g/mol. The molecule has 0 aliphatic heterocycles. The summed E-state index contributed by atoms with van der Waals surface area (Å²) in [5.74, 6) is 2.27. The molecule has 0 saturated heterocycles. The fourth-order valence-corrected chi connectivity index (χ4v) is 3.84. The van der Waals surface area contributed by atoms with Crippen molar-refractivity contribution in [3.8, 4) is 0 Å². The predicted octanol–water partition coefficient (Wildman–Crippen LogP) is 0.0692. The standard InChI is InChI=1S/C12H16N6O/c13-7-5-2-1-4(3-5)6(7)9-15-8-10(16-9)17-12(14)18-11(8)19/h4-7H,1-3,13H2,(H4,14,15,16,17,18,19). The van der Waals surface area contributed by atoms with Crippen molar-refractivity contribution in [3.05, 3.63) is 16.2 Å². The van der Waals surface area contributed by atoms with Gasteiger partial charge in [0.2, 0.25) is 5.95 Å². The van der Waals surface area contributed by atoms with E-state index >= 15 is 0 Å². The lowest BCUT2D eigenvalue weighted by molar-refractivity contribution is 0.356. The van der Waals surface area contributed by atoms with E-state index in [1.54, 1.807) is 0 Å². The highest BCUT2D eigenvalue weighted by atomic mass is 16.1. The minimum Gasteiger partial charge on any atom is -0.369 e. The lowest BCUT2D eigenvalue weighted by atomic mass is 9.84. The number of rotatable bonds is 1. The van der Waals surface area contributed by atoms with E-state index in [9.17, 15) is 4.79 Å². The Morgan fingerprint density at radius 1 is 1.16 bits per heavy atom. The lowest BCUT2D eigenvalue weighted by Crippen LogP contribution is -2.34. The van der Waals surface area contributed by atoms with Crippen LogP contribution in [0.2, 0.25) is 0 Å². The first-order valence-electron chi connectivity index (χ1n) is 6.64. The van der Waals surface area contributed by atoms with Gasteiger partial charge in [0.25, 0.3) is 5.56 Å². The van der Waals surface area contributed by atoms with Crippen LogP contribution in [-0.4, -0.2) is 26.0 Å². The van der Waals surface area contributed by atoms with Gasteiger partial charge >= 0.3 is 0 Å². The third kappa shape index (κ3) is 1.45. The molecule has 4 rings (SSSR count). The molecule has 2 aliphatic rings. The second kappa shape index (κ2) is 3.57. The molecule has 4 unspecified atom stereocenters. The van der Waals surface area contributed by atoms with Gasteiger partial charge in [0, 0.05) is 12.0 Å². The van der Waals surface area contributed by atoms with E-state index in [4.69, 9.17) is 11.5 Å². The van der Waals surface area contributed by atoms with Crippen LogP contribution in [0.1, 0.15) is 31.0 Å². The zero-order chi connectivity index (χ0) is 13.1. The van der Waals surface area contributed by atoms with Crippen molar-refractivity contribution in [2.45, 2.75) is 31.2 Å². The second-order valence-electron chi connectivity index (χ2n) is 5.71. The van der Waals surface area contributed by atoms with E-state index in [0.717, 1.165) is 5.82 Å². The summed E-state index contributed by atoms with van der Waals surface area (Å²) in [5.41, 5.74) is 12.3. The summed E-state index contributed by atoms with van der Waals surface area (Å²) >= 11 is 0. The van der Waals surface area contributed by atoms with E-state index in [1.807, 2.05) is 0 Å². The van der Waals surface area contributed by atoms with Crippen LogP contribution in [0.25, 0.3) is 11.2 Å². The number of aromatic nitrogens is 4. The maximum Gasteiger partial charge on any atom is 0.278 e. The molecule has 19 heavy (non-hydrogen) atoms. The van der Waals surface area contributed by atoms with E-state index in [0.29, 0.717) is 23.0 Å². The largest absolute Gasteiger partial charge is 0.369 e. The molecule has 0 amide bonds. The molecule has 2 saturated carbocycles. The number of nitrogens with one attached hydrogen (secondary N) is 2. The minimum absolute atomic E-state index is 0.0905. The van der Waals surface area contributed by atoms with Crippen LogP contribution >= 0.6 is 0 Å². The van der Waals surface area contributed by atoms with Gasteiger partial charge in [-0.3, -0.25) is 9.78 Å². The summed E-state index contributed by atoms with van der Waals surface area (Å²) in [6.07, 6.45) is 3.59. The number of imidazole rings is 1. The third-order valence-corrected chi connectivity index (χ3v) is 4.69. The fourth-order valence-electron chi connectivity index (χ4n) is 3.84. The summed E-state index contributed by atoms with van der Waals surface area (Å²) in [7, 11) is 0. The van der Waals surface area contributed by atoms with Crippen LogP contribution in [0.15, 0.2) is 4.79 Å². The van der Waals surface area contributed by atoms with E-state index in [-0.39, 0.29) is 23.5 Å². The Kier molecular flexibility index (Phi) is 2.06. The van der Waals surface area contributed by atoms with Crippen molar-refractivity contribution in [1.82, 2.24) is 19.9 Å².